The zero-order valence-electron chi connectivity index (χ0n) is 13.1. The van der Waals surface area contributed by atoms with E-state index >= 15 is 0 Å². The molecule has 124 valence electrons. The molecular weight excluding hydrogens is 324 g/mol. The van der Waals surface area contributed by atoms with E-state index in [1.54, 1.807) is 0 Å². The number of hydrogen-bond acceptors (Lipinski definition) is 4. The summed E-state index contributed by atoms with van der Waals surface area (Å²) in [6.07, 6.45) is 1.89. The van der Waals surface area contributed by atoms with Gasteiger partial charge in [0.1, 0.15) is 0 Å². The molecule has 0 amide bonds. The molecule has 22 heavy (non-hydrogen) atoms. The summed E-state index contributed by atoms with van der Waals surface area (Å²) in [6, 6.07) is 5.42. The van der Waals surface area contributed by atoms with Gasteiger partial charge in [0.15, 0.2) is 0 Å². The Bertz CT molecular complexity index is 725. The topological polar surface area (TPSA) is 74.8 Å². The van der Waals surface area contributed by atoms with Crippen LogP contribution in [0.25, 0.3) is 0 Å². The van der Waals surface area contributed by atoms with Crippen LogP contribution in [0.5, 0.6) is 0 Å². The molecule has 1 aliphatic heterocycles. The predicted molar refractivity (Wildman–Crippen MR) is 84.5 cm³/mol. The molecule has 0 aliphatic carbocycles. The Kier molecular flexibility index (Phi) is 4.96. The van der Waals surface area contributed by atoms with Crippen molar-refractivity contribution >= 4 is 20.0 Å². The normalized spacial score (nSPS) is 21.2. The average Bonchev–Trinajstić information content (AvgIpc) is 2.47. The Balaban J connectivity index is 2.30. The van der Waals surface area contributed by atoms with Gasteiger partial charge in [0.25, 0.3) is 0 Å². The monoisotopic (exact) mass is 346 g/mol. The minimum absolute atomic E-state index is 0.0865. The smallest absolute Gasteiger partial charge is 0.207 e. The molecule has 1 aromatic rings. The summed E-state index contributed by atoms with van der Waals surface area (Å²) < 4.78 is 51.8. The molecule has 0 N–H and O–H groups in total. The lowest BCUT2D eigenvalue weighted by atomic mass is 10.0. The molecule has 2 rings (SSSR count). The first kappa shape index (κ1) is 17.4. The highest BCUT2D eigenvalue weighted by atomic mass is 32.2. The van der Waals surface area contributed by atoms with Gasteiger partial charge < -0.3 is 0 Å². The summed E-state index contributed by atoms with van der Waals surface area (Å²) in [5.74, 6) is 0.344. The van der Waals surface area contributed by atoms with Gasteiger partial charge in [0.05, 0.1) is 9.79 Å². The van der Waals surface area contributed by atoms with Crippen molar-refractivity contribution in [2.45, 2.75) is 29.6 Å². The first-order valence-electron chi connectivity index (χ1n) is 7.18. The summed E-state index contributed by atoms with van der Waals surface area (Å²) in [5, 5.41) is 0. The molecule has 1 fully saturated rings. The maximum absolute atomic E-state index is 12.6. The van der Waals surface area contributed by atoms with Gasteiger partial charge >= 0.3 is 0 Å². The van der Waals surface area contributed by atoms with Crippen molar-refractivity contribution in [3.8, 4) is 0 Å². The molecule has 0 saturated carbocycles. The summed E-state index contributed by atoms with van der Waals surface area (Å²) >= 11 is 0. The minimum atomic E-state index is -3.55. The summed E-state index contributed by atoms with van der Waals surface area (Å²) in [5.41, 5.74) is 0. The van der Waals surface area contributed by atoms with Crippen molar-refractivity contribution in [1.82, 2.24) is 8.61 Å². The molecule has 6 nitrogen and oxygen atoms in total. The van der Waals surface area contributed by atoms with E-state index in [0.29, 0.717) is 19.0 Å². The number of piperidine rings is 1. The fourth-order valence-electron chi connectivity index (χ4n) is 2.51. The molecule has 1 heterocycles. The maximum Gasteiger partial charge on any atom is 0.243 e. The molecule has 0 radical (unpaired) electrons. The van der Waals surface area contributed by atoms with Crippen LogP contribution in [0.3, 0.4) is 0 Å². The Morgan fingerprint density at radius 1 is 1.05 bits per heavy atom. The first-order chi connectivity index (χ1) is 10.2. The van der Waals surface area contributed by atoms with E-state index in [9.17, 15) is 16.8 Å². The van der Waals surface area contributed by atoms with E-state index in [1.807, 2.05) is 6.92 Å². The molecule has 1 atom stereocenters. The summed E-state index contributed by atoms with van der Waals surface area (Å²) in [7, 11) is -4.22. The van der Waals surface area contributed by atoms with Crippen LogP contribution in [-0.2, 0) is 20.0 Å². The van der Waals surface area contributed by atoms with Crippen molar-refractivity contribution in [3.05, 3.63) is 24.3 Å². The molecule has 8 heteroatoms. The van der Waals surface area contributed by atoms with Crippen LogP contribution in [0.2, 0.25) is 0 Å². The molecule has 0 spiro atoms. The van der Waals surface area contributed by atoms with Crippen LogP contribution in [0.15, 0.2) is 34.1 Å². The SMILES string of the molecule is C[C@@H]1CCCN(S(=O)(=O)c2ccc(S(=O)(=O)N(C)C)cc2)C1. The van der Waals surface area contributed by atoms with Gasteiger partial charge in [-0.2, -0.15) is 4.31 Å². The number of rotatable bonds is 4. The van der Waals surface area contributed by atoms with Crippen LogP contribution < -0.4 is 0 Å². The number of nitrogens with zero attached hydrogens (tertiary/aromatic N) is 2. The van der Waals surface area contributed by atoms with Crippen molar-refractivity contribution in [2.24, 2.45) is 5.92 Å². The van der Waals surface area contributed by atoms with Gasteiger partial charge in [-0.1, -0.05) is 6.92 Å². The van der Waals surface area contributed by atoms with E-state index in [2.05, 4.69) is 0 Å². The second-order valence-electron chi connectivity index (χ2n) is 5.87. The van der Waals surface area contributed by atoms with E-state index in [0.717, 1.165) is 17.1 Å². The fraction of sp³-hybridized carbons (Fsp3) is 0.571. The maximum atomic E-state index is 12.6. The third-order valence-electron chi connectivity index (χ3n) is 3.86. The highest BCUT2D eigenvalue weighted by Crippen LogP contribution is 2.24. The summed E-state index contributed by atoms with van der Waals surface area (Å²) in [4.78, 5) is 0.225. The third-order valence-corrected chi connectivity index (χ3v) is 7.57. The van der Waals surface area contributed by atoms with Crippen LogP contribution in [0.4, 0.5) is 0 Å². The van der Waals surface area contributed by atoms with Gasteiger partial charge in [0, 0.05) is 27.2 Å². The second-order valence-corrected chi connectivity index (χ2v) is 9.96. The first-order valence-corrected chi connectivity index (χ1v) is 10.1. The highest BCUT2D eigenvalue weighted by Gasteiger charge is 2.29. The van der Waals surface area contributed by atoms with Crippen molar-refractivity contribution in [3.63, 3.8) is 0 Å². The zero-order chi connectivity index (χ0) is 16.5. The van der Waals surface area contributed by atoms with Crippen molar-refractivity contribution in [2.75, 3.05) is 27.2 Å². The number of sulfonamides is 2. The van der Waals surface area contributed by atoms with Crippen LogP contribution in [0.1, 0.15) is 19.8 Å². The van der Waals surface area contributed by atoms with E-state index in [4.69, 9.17) is 0 Å². The standard InChI is InChI=1S/C14H22N2O4S2/c1-12-5-4-10-16(11-12)22(19,20)14-8-6-13(7-9-14)21(17,18)15(2)3/h6-9,12H,4-5,10-11H2,1-3H3/t12-/m1/s1. The largest absolute Gasteiger partial charge is 0.243 e. The van der Waals surface area contributed by atoms with Gasteiger partial charge in [-0.05, 0) is 43.0 Å². The Labute approximate surface area is 132 Å². The van der Waals surface area contributed by atoms with Gasteiger partial charge in [-0.25, -0.2) is 21.1 Å². The quantitative estimate of drug-likeness (QED) is 0.825. The number of hydrogen-bond donors (Lipinski definition) is 0. The van der Waals surface area contributed by atoms with Crippen LogP contribution in [-0.4, -0.2) is 52.6 Å². The van der Waals surface area contributed by atoms with Gasteiger partial charge in [-0.3, -0.25) is 0 Å². The Hall–Kier alpha value is -0.960. The van der Waals surface area contributed by atoms with Crippen LogP contribution >= 0.6 is 0 Å². The molecule has 1 aromatic carbocycles. The Morgan fingerprint density at radius 3 is 2.09 bits per heavy atom. The highest BCUT2D eigenvalue weighted by molar-refractivity contribution is 7.89. The van der Waals surface area contributed by atoms with Crippen molar-refractivity contribution < 1.29 is 16.8 Å². The van der Waals surface area contributed by atoms with Gasteiger partial charge in [-0.15, -0.1) is 0 Å². The number of benzene rings is 1. The fourth-order valence-corrected chi connectivity index (χ4v) is 5.01. The molecule has 0 aromatic heterocycles. The lowest BCUT2D eigenvalue weighted by Gasteiger charge is -2.30. The molecular formula is C14H22N2O4S2. The van der Waals surface area contributed by atoms with E-state index in [1.165, 1.54) is 42.7 Å². The lowest BCUT2D eigenvalue weighted by molar-refractivity contribution is 0.281. The molecule has 0 bridgehead atoms. The molecule has 1 aliphatic rings. The van der Waals surface area contributed by atoms with Crippen molar-refractivity contribution in [1.29, 1.82) is 0 Å². The predicted octanol–water partition coefficient (Wildman–Crippen LogP) is 1.36. The lowest BCUT2D eigenvalue weighted by Crippen LogP contribution is -2.39. The summed E-state index contributed by atoms with van der Waals surface area (Å²) in [6.45, 7) is 3.07. The minimum Gasteiger partial charge on any atom is -0.207 e. The van der Waals surface area contributed by atoms with E-state index in [-0.39, 0.29) is 9.79 Å². The Morgan fingerprint density at radius 2 is 1.59 bits per heavy atom. The van der Waals surface area contributed by atoms with Gasteiger partial charge in [0.2, 0.25) is 20.0 Å². The molecule has 1 saturated heterocycles. The third kappa shape index (κ3) is 3.34. The zero-order valence-corrected chi connectivity index (χ0v) is 14.7. The molecule has 0 unspecified atom stereocenters. The van der Waals surface area contributed by atoms with E-state index < -0.39 is 20.0 Å². The van der Waals surface area contributed by atoms with Crippen LogP contribution in [0, 0.1) is 5.92 Å². The second kappa shape index (κ2) is 6.27. The average molecular weight is 346 g/mol.